The molecule has 90 valence electrons. The smallest absolute Gasteiger partial charge is 0.223 e. The van der Waals surface area contributed by atoms with Crippen LogP contribution >= 0.6 is 0 Å². The molecule has 1 fully saturated rings. The number of nitrogens with one attached hydrogen (secondary N) is 1. The van der Waals surface area contributed by atoms with Crippen molar-refractivity contribution in [1.82, 2.24) is 15.5 Å². The van der Waals surface area contributed by atoms with Gasteiger partial charge in [-0.15, -0.1) is 0 Å². The second-order valence-corrected chi connectivity index (χ2v) is 4.47. The van der Waals surface area contributed by atoms with Crippen LogP contribution < -0.4 is 11.1 Å². The summed E-state index contributed by atoms with van der Waals surface area (Å²) in [6.45, 7) is 3.50. The summed E-state index contributed by atoms with van der Waals surface area (Å²) in [4.78, 5) is 4.17. The fourth-order valence-corrected chi connectivity index (χ4v) is 2.40. The van der Waals surface area contributed by atoms with Crippen molar-refractivity contribution < 1.29 is 4.52 Å². The molecule has 5 heteroatoms. The normalized spacial score (nSPS) is 25.1. The molecule has 0 radical (unpaired) electrons. The van der Waals surface area contributed by atoms with Gasteiger partial charge in [-0.1, -0.05) is 11.6 Å². The van der Waals surface area contributed by atoms with E-state index in [1.54, 1.807) is 0 Å². The molecule has 1 aliphatic rings. The molecule has 1 aromatic rings. The molecule has 0 saturated heterocycles. The number of aromatic nitrogens is 2. The monoisotopic (exact) mass is 224 g/mol. The van der Waals surface area contributed by atoms with Crippen LogP contribution in [0.3, 0.4) is 0 Å². The minimum Gasteiger partial charge on any atom is -0.340 e. The molecule has 0 aliphatic heterocycles. The van der Waals surface area contributed by atoms with Gasteiger partial charge in [-0.05, 0) is 25.3 Å². The number of hydrogen-bond donors (Lipinski definition) is 2. The molecule has 1 aliphatic carbocycles. The van der Waals surface area contributed by atoms with Gasteiger partial charge in [-0.2, -0.15) is 4.98 Å². The first-order valence-electron chi connectivity index (χ1n) is 6.02. The Morgan fingerprint density at radius 1 is 1.50 bits per heavy atom. The summed E-state index contributed by atoms with van der Waals surface area (Å²) < 4.78 is 4.92. The first kappa shape index (κ1) is 11.5. The summed E-state index contributed by atoms with van der Waals surface area (Å²) in [6.07, 6.45) is 4.62. The molecular formula is C11H20N4O. The van der Waals surface area contributed by atoms with Gasteiger partial charge < -0.3 is 15.6 Å². The maximum absolute atomic E-state index is 5.73. The molecule has 3 N–H and O–H groups in total. The van der Waals surface area contributed by atoms with Gasteiger partial charge in [0.2, 0.25) is 5.89 Å². The van der Waals surface area contributed by atoms with Crippen molar-refractivity contribution in [2.45, 2.75) is 38.6 Å². The van der Waals surface area contributed by atoms with Gasteiger partial charge in [0.1, 0.15) is 0 Å². The van der Waals surface area contributed by atoms with E-state index in [4.69, 9.17) is 10.3 Å². The minimum absolute atomic E-state index is 0.581. The van der Waals surface area contributed by atoms with Crippen LogP contribution in [0.25, 0.3) is 0 Å². The Morgan fingerprint density at radius 3 is 3.06 bits per heavy atom. The topological polar surface area (TPSA) is 77.0 Å². The second kappa shape index (κ2) is 5.41. The quantitative estimate of drug-likeness (QED) is 0.767. The molecule has 1 heterocycles. The standard InChI is InChI=1S/C11H20N4O/c1-8-14-11(15-16-8)5-6-13-10-4-2-3-9(10)7-12/h9-10,13H,2-7,12H2,1H3. The Kier molecular flexibility index (Phi) is 3.90. The summed E-state index contributed by atoms with van der Waals surface area (Å²) in [6, 6.07) is 0.581. The van der Waals surface area contributed by atoms with Crippen molar-refractivity contribution in [3.8, 4) is 0 Å². The van der Waals surface area contributed by atoms with Crippen molar-refractivity contribution in [2.24, 2.45) is 11.7 Å². The molecular weight excluding hydrogens is 204 g/mol. The fraction of sp³-hybridized carbons (Fsp3) is 0.818. The van der Waals surface area contributed by atoms with Crippen molar-refractivity contribution >= 4 is 0 Å². The first-order chi connectivity index (χ1) is 7.79. The van der Waals surface area contributed by atoms with E-state index >= 15 is 0 Å². The minimum atomic E-state index is 0.581. The highest BCUT2D eigenvalue weighted by Crippen LogP contribution is 2.24. The zero-order chi connectivity index (χ0) is 11.4. The Labute approximate surface area is 95.8 Å². The lowest BCUT2D eigenvalue weighted by Gasteiger charge is -2.18. The van der Waals surface area contributed by atoms with Gasteiger partial charge in [0.05, 0.1) is 0 Å². The molecule has 16 heavy (non-hydrogen) atoms. The maximum Gasteiger partial charge on any atom is 0.223 e. The average molecular weight is 224 g/mol. The van der Waals surface area contributed by atoms with E-state index in [0.29, 0.717) is 17.9 Å². The maximum atomic E-state index is 5.73. The highest BCUT2D eigenvalue weighted by Gasteiger charge is 2.25. The third-order valence-electron chi connectivity index (χ3n) is 3.29. The SMILES string of the molecule is Cc1nc(CCNC2CCCC2CN)no1. The number of nitrogens with two attached hydrogens (primary N) is 1. The van der Waals surface area contributed by atoms with Crippen molar-refractivity contribution in [1.29, 1.82) is 0 Å². The van der Waals surface area contributed by atoms with E-state index < -0.39 is 0 Å². The molecule has 0 aromatic carbocycles. The van der Waals surface area contributed by atoms with Crippen LogP contribution in [0.4, 0.5) is 0 Å². The first-order valence-corrected chi connectivity index (χ1v) is 6.02. The van der Waals surface area contributed by atoms with Gasteiger partial charge in [0.25, 0.3) is 0 Å². The highest BCUT2D eigenvalue weighted by atomic mass is 16.5. The van der Waals surface area contributed by atoms with Crippen molar-refractivity contribution in [3.05, 3.63) is 11.7 Å². The lowest BCUT2D eigenvalue weighted by Crippen LogP contribution is -2.37. The third kappa shape index (κ3) is 2.80. The summed E-state index contributed by atoms with van der Waals surface area (Å²) in [5, 5.41) is 7.41. The Hall–Kier alpha value is -0.940. The zero-order valence-electron chi connectivity index (χ0n) is 9.78. The number of nitrogens with zero attached hydrogens (tertiary/aromatic N) is 2. The van der Waals surface area contributed by atoms with Gasteiger partial charge >= 0.3 is 0 Å². The third-order valence-corrected chi connectivity index (χ3v) is 3.29. The van der Waals surface area contributed by atoms with Gasteiger partial charge in [-0.25, -0.2) is 0 Å². The van der Waals surface area contributed by atoms with E-state index in [2.05, 4.69) is 15.5 Å². The number of rotatable bonds is 5. The molecule has 0 spiro atoms. The van der Waals surface area contributed by atoms with Crippen LogP contribution in [0.15, 0.2) is 4.52 Å². The van der Waals surface area contributed by atoms with Crippen molar-refractivity contribution in [2.75, 3.05) is 13.1 Å². The van der Waals surface area contributed by atoms with Crippen LogP contribution in [0, 0.1) is 12.8 Å². The second-order valence-electron chi connectivity index (χ2n) is 4.47. The lowest BCUT2D eigenvalue weighted by molar-refractivity contribution is 0.382. The van der Waals surface area contributed by atoms with E-state index in [-0.39, 0.29) is 0 Å². The average Bonchev–Trinajstić information content (AvgIpc) is 2.87. The zero-order valence-corrected chi connectivity index (χ0v) is 9.78. The molecule has 2 rings (SSSR count). The predicted octanol–water partition coefficient (Wildman–Crippen LogP) is 0.638. The van der Waals surface area contributed by atoms with Crippen LogP contribution in [0.2, 0.25) is 0 Å². The van der Waals surface area contributed by atoms with Crippen LogP contribution in [0.5, 0.6) is 0 Å². The van der Waals surface area contributed by atoms with Crippen LogP contribution in [-0.4, -0.2) is 29.3 Å². The summed E-state index contributed by atoms with van der Waals surface area (Å²) in [5.74, 6) is 2.06. The van der Waals surface area contributed by atoms with E-state index in [0.717, 1.165) is 25.3 Å². The van der Waals surface area contributed by atoms with E-state index in [1.165, 1.54) is 19.3 Å². The molecule has 0 bridgehead atoms. The highest BCUT2D eigenvalue weighted by molar-refractivity contribution is 4.87. The summed E-state index contributed by atoms with van der Waals surface area (Å²) in [7, 11) is 0. The Balaban J connectivity index is 1.71. The number of hydrogen-bond acceptors (Lipinski definition) is 5. The summed E-state index contributed by atoms with van der Waals surface area (Å²) >= 11 is 0. The van der Waals surface area contributed by atoms with E-state index in [1.807, 2.05) is 6.92 Å². The lowest BCUT2D eigenvalue weighted by atomic mass is 10.0. The molecule has 1 saturated carbocycles. The molecule has 0 amide bonds. The fourth-order valence-electron chi connectivity index (χ4n) is 2.40. The Bertz CT molecular complexity index is 326. The predicted molar refractivity (Wildman–Crippen MR) is 60.9 cm³/mol. The van der Waals surface area contributed by atoms with Crippen LogP contribution in [0.1, 0.15) is 31.0 Å². The van der Waals surface area contributed by atoms with E-state index in [9.17, 15) is 0 Å². The molecule has 1 aromatic heterocycles. The summed E-state index contributed by atoms with van der Waals surface area (Å²) in [5.41, 5.74) is 5.73. The van der Waals surface area contributed by atoms with Crippen LogP contribution in [-0.2, 0) is 6.42 Å². The van der Waals surface area contributed by atoms with Gasteiger partial charge in [-0.3, -0.25) is 0 Å². The molecule has 5 nitrogen and oxygen atoms in total. The van der Waals surface area contributed by atoms with Gasteiger partial charge in [0, 0.05) is 25.9 Å². The number of aryl methyl sites for hydroxylation is 1. The Morgan fingerprint density at radius 2 is 2.38 bits per heavy atom. The molecule has 2 atom stereocenters. The van der Waals surface area contributed by atoms with Crippen molar-refractivity contribution in [3.63, 3.8) is 0 Å². The molecule has 2 unspecified atom stereocenters. The van der Waals surface area contributed by atoms with Gasteiger partial charge in [0.15, 0.2) is 5.82 Å². The largest absolute Gasteiger partial charge is 0.340 e.